The van der Waals surface area contributed by atoms with E-state index in [4.69, 9.17) is 10.8 Å². The van der Waals surface area contributed by atoms with Crippen molar-refractivity contribution in [1.82, 2.24) is 15.5 Å². The summed E-state index contributed by atoms with van der Waals surface area (Å²) in [5, 5.41) is 13.8. The second-order valence-corrected chi connectivity index (χ2v) is 4.46. The zero-order valence-electron chi connectivity index (χ0n) is 10.7. The topological polar surface area (TPSA) is 125 Å². The van der Waals surface area contributed by atoms with Crippen LogP contribution in [0.5, 0.6) is 0 Å². The van der Waals surface area contributed by atoms with Gasteiger partial charge < -0.3 is 26.4 Å². The molecular formula is C11H20N4O4. The maximum atomic E-state index is 11.9. The Labute approximate surface area is 111 Å². The molecular weight excluding hydrogens is 252 g/mol. The van der Waals surface area contributed by atoms with Crippen LogP contribution in [0.25, 0.3) is 0 Å². The van der Waals surface area contributed by atoms with Gasteiger partial charge in [-0.1, -0.05) is 0 Å². The summed E-state index contributed by atoms with van der Waals surface area (Å²) in [7, 11) is 0. The van der Waals surface area contributed by atoms with Gasteiger partial charge in [0.05, 0.1) is 6.42 Å². The fourth-order valence-corrected chi connectivity index (χ4v) is 2.14. The van der Waals surface area contributed by atoms with Crippen LogP contribution in [-0.2, 0) is 4.79 Å². The molecule has 1 fully saturated rings. The van der Waals surface area contributed by atoms with E-state index in [2.05, 4.69) is 10.6 Å². The predicted molar refractivity (Wildman–Crippen MR) is 67.6 cm³/mol. The Kier molecular flexibility index (Phi) is 5.91. The minimum atomic E-state index is -0.903. The molecule has 0 aromatic carbocycles. The number of nitrogens with one attached hydrogen (secondary N) is 2. The molecule has 5 N–H and O–H groups in total. The van der Waals surface area contributed by atoms with Crippen molar-refractivity contribution >= 4 is 18.0 Å². The van der Waals surface area contributed by atoms with Crippen molar-refractivity contribution < 1.29 is 19.5 Å². The van der Waals surface area contributed by atoms with Crippen molar-refractivity contribution in [3.8, 4) is 0 Å². The number of nitrogens with zero attached hydrogens (tertiary/aromatic N) is 1. The molecule has 1 saturated heterocycles. The van der Waals surface area contributed by atoms with Crippen LogP contribution in [0.15, 0.2) is 0 Å². The number of likely N-dealkylation sites (tertiary alicyclic amines) is 1. The molecule has 0 aliphatic carbocycles. The van der Waals surface area contributed by atoms with Gasteiger partial charge in [-0.15, -0.1) is 0 Å². The van der Waals surface area contributed by atoms with Crippen LogP contribution in [-0.4, -0.2) is 53.7 Å². The summed E-state index contributed by atoms with van der Waals surface area (Å²) in [6.45, 7) is 1.07. The number of primary amides is 1. The molecule has 0 bridgehead atoms. The molecule has 0 saturated carbocycles. The van der Waals surface area contributed by atoms with Crippen molar-refractivity contribution in [2.45, 2.75) is 31.7 Å². The Morgan fingerprint density at radius 3 is 2.53 bits per heavy atom. The number of carbonyl (C=O) groups is 3. The third-order valence-corrected chi connectivity index (χ3v) is 3.00. The van der Waals surface area contributed by atoms with Crippen LogP contribution in [0.3, 0.4) is 0 Å². The minimum Gasteiger partial charge on any atom is -0.481 e. The van der Waals surface area contributed by atoms with Crippen LogP contribution < -0.4 is 16.4 Å². The summed E-state index contributed by atoms with van der Waals surface area (Å²) >= 11 is 0. The van der Waals surface area contributed by atoms with Crippen LogP contribution in [0, 0.1) is 0 Å². The lowest BCUT2D eigenvalue weighted by Gasteiger charge is -2.34. The van der Waals surface area contributed by atoms with E-state index in [9.17, 15) is 14.4 Å². The van der Waals surface area contributed by atoms with Gasteiger partial charge in [0.15, 0.2) is 0 Å². The van der Waals surface area contributed by atoms with Gasteiger partial charge in [-0.25, -0.2) is 9.59 Å². The van der Waals surface area contributed by atoms with E-state index in [1.807, 2.05) is 0 Å². The molecule has 8 heteroatoms. The zero-order valence-corrected chi connectivity index (χ0v) is 10.7. The standard InChI is InChI=1S/C11H20N4O4/c12-10(18)13-4-5-14-11(19)15-6-2-1-3-8(15)7-9(16)17/h8H,1-7H2,(H,14,19)(H,16,17)(H3,12,13,18). The van der Waals surface area contributed by atoms with Crippen molar-refractivity contribution in [3.63, 3.8) is 0 Å². The van der Waals surface area contributed by atoms with Crippen molar-refractivity contribution in [1.29, 1.82) is 0 Å². The molecule has 0 aromatic heterocycles. The average molecular weight is 272 g/mol. The Morgan fingerprint density at radius 1 is 1.21 bits per heavy atom. The van der Waals surface area contributed by atoms with Gasteiger partial charge >= 0.3 is 18.0 Å². The number of rotatable bonds is 5. The number of carbonyl (C=O) groups excluding carboxylic acids is 2. The zero-order chi connectivity index (χ0) is 14.3. The minimum absolute atomic E-state index is 0.0348. The highest BCUT2D eigenvalue weighted by atomic mass is 16.4. The third-order valence-electron chi connectivity index (χ3n) is 3.00. The van der Waals surface area contributed by atoms with E-state index in [1.54, 1.807) is 4.90 Å². The number of aliphatic carboxylic acids is 1. The van der Waals surface area contributed by atoms with Gasteiger partial charge in [0.1, 0.15) is 0 Å². The summed E-state index contributed by atoms with van der Waals surface area (Å²) in [5.74, 6) is -0.903. The molecule has 1 rings (SSSR count). The highest BCUT2D eigenvalue weighted by Crippen LogP contribution is 2.19. The molecule has 19 heavy (non-hydrogen) atoms. The van der Waals surface area contributed by atoms with Gasteiger partial charge in [-0.2, -0.15) is 0 Å². The second kappa shape index (κ2) is 7.45. The molecule has 0 aromatic rings. The van der Waals surface area contributed by atoms with E-state index < -0.39 is 12.0 Å². The summed E-state index contributed by atoms with van der Waals surface area (Å²) in [6, 6.07) is -1.19. The number of carboxylic acid groups (broad SMARTS) is 1. The van der Waals surface area contributed by atoms with Crippen LogP contribution in [0.4, 0.5) is 9.59 Å². The third kappa shape index (κ3) is 5.45. The Morgan fingerprint density at radius 2 is 1.89 bits per heavy atom. The summed E-state index contributed by atoms with van der Waals surface area (Å²) in [6.07, 6.45) is 2.49. The number of nitrogens with two attached hydrogens (primary N) is 1. The highest BCUT2D eigenvalue weighted by molar-refractivity contribution is 5.76. The quantitative estimate of drug-likeness (QED) is 0.512. The number of urea groups is 2. The molecule has 1 unspecified atom stereocenters. The second-order valence-electron chi connectivity index (χ2n) is 4.46. The van der Waals surface area contributed by atoms with E-state index >= 15 is 0 Å². The summed E-state index contributed by atoms with van der Waals surface area (Å²) in [5.41, 5.74) is 4.89. The highest BCUT2D eigenvalue weighted by Gasteiger charge is 2.28. The fourth-order valence-electron chi connectivity index (χ4n) is 2.14. The average Bonchev–Trinajstić information content (AvgIpc) is 2.34. The lowest BCUT2D eigenvalue weighted by Crippen LogP contribution is -2.50. The summed E-state index contributed by atoms with van der Waals surface area (Å²) < 4.78 is 0. The normalized spacial score (nSPS) is 18.7. The first-order chi connectivity index (χ1) is 9.00. The number of carboxylic acids is 1. The Bertz CT molecular complexity index is 348. The van der Waals surface area contributed by atoms with Crippen molar-refractivity contribution in [3.05, 3.63) is 0 Å². The number of hydrogen-bond acceptors (Lipinski definition) is 3. The molecule has 1 aliphatic rings. The van der Waals surface area contributed by atoms with Gasteiger partial charge in [0.25, 0.3) is 0 Å². The first-order valence-corrected chi connectivity index (χ1v) is 6.30. The lowest BCUT2D eigenvalue weighted by molar-refractivity contribution is -0.138. The Balaban J connectivity index is 2.38. The maximum Gasteiger partial charge on any atom is 0.317 e. The van der Waals surface area contributed by atoms with Gasteiger partial charge in [0, 0.05) is 25.7 Å². The van der Waals surface area contributed by atoms with E-state index in [1.165, 1.54) is 0 Å². The largest absolute Gasteiger partial charge is 0.481 e. The van der Waals surface area contributed by atoms with E-state index in [0.717, 1.165) is 12.8 Å². The molecule has 108 valence electrons. The molecule has 0 radical (unpaired) electrons. The van der Waals surface area contributed by atoms with Crippen molar-refractivity contribution in [2.24, 2.45) is 5.73 Å². The lowest BCUT2D eigenvalue weighted by atomic mass is 10.00. The molecule has 1 atom stereocenters. The smallest absolute Gasteiger partial charge is 0.317 e. The Hall–Kier alpha value is -1.99. The summed E-state index contributed by atoms with van der Waals surface area (Å²) in [4.78, 5) is 34.7. The number of hydrogen-bond donors (Lipinski definition) is 4. The van der Waals surface area contributed by atoms with Crippen LogP contribution >= 0.6 is 0 Å². The molecule has 8 nitrogen and oxygen atoms in total. The molecule has 0 spiro atoms. The first kappa shape index (κ1) is 15.1. The number of piperidine rings is 1. The predicted octanol–water partition coefficient (Wildman–Crippen LogP) is -0.306. The van der Waals surface area contributed by atoms with E-state index in [0.29, 0.717) is 13.0 Å². The maximum absolute atomic E-state index is 11.9. The van der Waals surface area contributed by atoms with Crippen LogP contribution in [0.2, 0.25) is 0 Å². The molecule has 1 aliphatic heterocycles. The number of amides is 4. The molecule has 4 amide bonds. The van der Waals surface area contributed by atoms with Gasteiger partial charge in [-0.3, -0.25) is 4.79 Å². The monoisotopic (exact) mass is 272 g/mol. The van der Waals surface area contributed by atoms with Gasteiger partial charge in [-0.05, 0) is 19.3 Å². The van der Waals surface area contributed by atoms with Gasteiger partial charge in [0.2, 0.25) is 0 Å². The van der Waals surface area contributed by atoms with Crippen molar-refractivity contribution in [2.75, 3.05) is 19.6 Å². The first-order valence-electron chi connectivity index (χ1n) is 6.30. The van der Waals surface area contributed by atoms with Crippen LogP contribution in [0.1, 0.15) is 25.7 Å². The fraction of sp³-hybridized carbons (Fsp3) is 0.727. The van der Waals surface area contributed by atoms with E-state index in [-0.39, 0.29) is 31.6 Å². The molecule has 1 heterocycles. The SMILES string of the molecule is NC(=O)NCCNC(=O)N1CCCCC1CC(=O)O.